The fourth-order valence-corrected chi connectivity index (χ4v) is 1.86. The van der Waals surface area contributed by atoms with Gasteiger partial charge in [0.05, 0.1) is 12.8 Å². The number of hydrazone groups is 1. The number of nitrogens with one attached hydrogen (secondary N) is 2. The zero-order valence-electron chi connectivity index (χ0n) is 12.6. The number of aromatic hydroxyl groups is 1. The second kappa shape index (κ2) is 7.74. The van der Waals surface area contributed by atoms with Crippen LogP contribution in [0.5, 0.6) is 5.75 Å². The van der Waals surface area contributed by atoms with Crippen molar-refractivity contribution in [3.8, 4) is 5.75 Å². The minimum absolute atomic E-state index is 0.0678. The molecule has 0 radical (unpaired) electrons. The van der Waals surface area contributed by atoms with Crippen LogP contribution >= 0.6 is 0 Å². The van der Waals surface area contributed by atoms with Crippen molar-refractivity contribution in [2.24, 2.45) is 5.10 Å². The van der Waals surface area contributed by atoms with Crippen molar-refractivity contribution in [2.45, 2.75) is 6.92 Å². The molecule has 0 fully saturated rings. The maximum Gasteiger partial charge on any atom is 0.259 e. The summed E-state index contributed by atoms with van der Waals surface area (Å²) in [5, 5.41) is 15.8. The molecular formula is C17H17N3O3. The number of nitrogens with zero attached hydrogens (tertiary/aromatic N) is 1. The molecular weight excluding hydrogens is 294 g/mol. The van der Waals surface area contributed by atoms with E-state index in [9.17, 15) is 14.7 Å². The Morgan fingerprint density at radius 3 is 2.70 bits per heavy atom. The van der Waals surface area contributed by atoms with E-state index in [-0.39, 0.29) is 18.2 Å². The minimum Gasteiger partial charge on any atom is -0.507 e. The third-order valence-corrected chi connectivity index (χ3v) is 3.02. The van der Waals surface area contributed by atoms with Gasteiger partial charge in [0, 0.05) is 11.1 Å². The van der Waals surface area contributed by atoms with Crippen molar-refractivity contribution in [1.29, 1.82) is 0 Å². The van der Waals surface area contributed by atoms with E-state index in [0.717, 1.165) is 5.56 Å². The molecule has 2 aromatic rings. The quantitative estimate of drug-likeness (QED) is 0.578. The van der Waals surface area contributed by atoms with Crippen molar-refractivity contribution in [3.05, 3.63) is 65.2 Å². The van der Waals surface area contributed by atoms with Gasteiger partial charge in [0.15, 0.2) is 0 Å². The lowest BCUT2D eigenvalue weighted by molar-refractivity contribution is -0.120. The minimum atomic E-state index is -0.460. The third-order valence-electron chi connectivity index (χ3n) is 3.02. The first-order valence-electron chi connectivity index (χ1n) is 7.01. The molecule has 0 aromatic heterocycles. The summed E-state index contributed by atoms with van der Waals surface area (Å²) in [5.41, 5.74) is 4.23. The van der Waals surface area contributed by atoms with Gasteiger partial charge in [-0.15, -0.1) is 0 Å². The molecule has 0 saturated heterocycles. The molecule has 118 valence electrons. The van der Waals surface area contributed by atoms with Crippen molar-refractivity contribution in [3.63, 3.8) is 0 Å². The van der Waals surface area contributed by atoms with Gasteiger partial charge in [0.1, 0.15) is 5.75 Å². The summed E-state index contributed by atoms with van der Waals surface area (Å²) in [7, 11) is 0. The van der Waals surface area contributed by atoms with E-state index in [4.69, 9.17) is 0 Å². The Hall–Kier alpha value is -3.15. The van der Waals surface area contributed by atoms with Gasteiger partial charge in [-0.25, -0.2) is 5.43 Å². The van der Waals surface area contributed by atoms with Crippen LogP contribution in [-0.4, -0.2) is 29.7 Å². The number of aryl methyl sites for hydroxylation is 1. The Bertz CT molecular complexity index is 741. The monoisotopic (exact) mass is 311 g/mol. The van der Waals surface area contributed by atoms with Gasteiger partial charge in [-0.1, -0.05) is 29.8 Å². The van der Waals surface area contributed by atoms with E-state index in [1.54, 1.807) is 36.4 Å². The molecule has 0 aliphatic carbocycles. The fraction of sp³-hybridized carbons (Fsp3) is 0.118. The molecule has 0 saturated carbocycles. The van der Waals surface area contributed by atoms with Crippen LogP contribution in [0.15, 0.2) is 53.6 Å². The number of carbonyl (C=O) groups is 2. The smallest absolute Gasteiger partial charge is 0.259 e. The normalized spacial score (nSPS) is 10.5. The molecule has 0 bridgehead atoms. The standard InChI is InChI=1S/C17H17N3O3/c1-12-5-4-7-13(9-12)17(23)18-11-16(22)20-19-10-14-6-2-3-8-15(14)21/h2-10,21H,11H2,1H3,(H,18,23)(H,20,22)/b19-10-. The number of para-hydroxylation sites is 1. The Labute approximate surface area is 133 Å². The number of phenolic OH excluding ortho intramolecular Hbond substituents is 1. The van der Waals surface area contributed by atoms with Gasteiger partial charge in [-0.05, 0) is 31.2 Å². The highest BCUT2D eigenvalue weighted by molar-refractivity contribution is 5.96. The van der Waals surface area contributed by atoms with Crippen LogP contribution in [0.2, 0.25) is 0 Å². The summed E-state index contributed by atoms with van der Waals surface area (Å²) in [6.07, 6.45) is 1.33. The van der Waals surface area contributed by atoms with E-state index >= 15 is 0 Å². The van der Waals surface area contributed by atoms with Crippen LogP contribution in [0.25, 0.3) is 0 Å². The van der Waals surface area contributed by atoms with Crippen molar-refractivity contribution in [1.82, 2.24) is 10.7 Å². The maximum atomic E-state index is 11.9. The lowest BCUT2D eigenvalue weighted by Gasteiger charge is -2.05. The van der Waals surface area contributed by atoms with Gasteiger partial charge in [0.25, 0.3) is 11.8 Å². The van der Waals surface area contributed by atoms with Crippen LogP contribution < -0.4 is 10.7 Å². The lowest BCUT2D eigenvalue weighted by atomic mass is 10.1. The first kappa shape index (κ1) is 16.2. The molecule has 2 aromatic carbocycles. The highest BCUT2D eigenvalue weighted by Gasteiger charge is 2.07. The Morgan fingerprint density at radius 2 is 1.96 bits per heavy atom. The molecule has 0 spiro atoms. The zero-order valence-corrected chi connectivity index (χ0v) is 12.6. The highest BCUT2D eigenvalue weighted by Crippen LogP contribution is 2.12. The van der Waals surface area contributed by atoms with E-state index in [1.165, 1.54) is 12.3 Å². The van der Waals surface area contributed by atoms with Gasteiger partial charge in [-0.2, -0.15) is 5.10 Å². The Morgan fingerprint density at radius 1 is 1.17 bits per heavy atom. The van der Waals surface area contributed by atoms with Gasteiger partial charge >= 0.3 is 0 Å². The zero-order chi connectivity index (χ0) is 16.7. The highest BCUT2D eigenvalue weighted by atomic mass is 16.3. The van der Waals surface area contributed by atoms with Crippen molar-refractivity contribution >= 4 is 18.0 Å². The van der Waals surface area contributed by atoms with Crippen LogP contribution in [0.1, 0.15) is 21.5 Å². The molecule has 6 heteroatoms. The fourth-order valence-electron chi connectivity index (χ4n) is 1.86. The summed E-state index contributed by atoms with van der Waals surface area (Å²) >= 11 is 0. The lowest BCUT2D eigenvalue weighted by Crippen LogP contribution is -2.34. The Balaban J connectivity index is 1.81. The van der Waals surface area contributed by atoms with E-state index in [1.807, 2.05) is 13.0 Å². The van der Waals surface area contributed by atoms with Crippen LogP contribution in [0, 0.1) is 6.92 Å². The summed E-state index contributed by atoms with van der Waals surface area (Å²) < 4.78 is 0. The molecule has 2 rings (SSSR count). The predicted octanol–water partition coefficient (Wildman–Crippen LogP) is 1.58. The van der Waals surface area contributed by atoms with E-state index in [0.29, 0.717) is 11.1 Å². The van der Waals surface area contributed by atoms with Crippen LogP contribution in [-0.2, 0) is 4.79 Å². The number of hydrogen-bond donors (Lipinski definition) is 3. The van der Waals surface area contributed by atoms with Crippen molar-refractivity contribution < 1.29 is 14.7 Å². The summed E-state index contributed by atoms with van der Waals surface area (Å²) in [6, 6.07) is 13.7. The Kier molecular flexibility index (Phi) is 5.46. The third kappa shape index (κ3) is 4.96. The van der Waals surface area contributed by atoms with E-state index in [2.05, 4.69) is 15.8 Å². The molecule has 3 N–H and O–H groups in total. The second-order valence-electron chi connectivity index (χ2n) is 4.90. The molecule has 0 atom stereocenters. The van der Waals surface area contributed by atoms with Crippen molar-refractivity contribution in [2.75, 3.05) is 6.54 Å². The summed E-state index contributed by atoms with van der Waals surface area (Å²) in [4.78, 5) is 23.5. The van der Waals surface area contributed by atoms with Crippen LogP contribution in [0.4, 0.5) is 0 Å². The second-order valence-corrected chi connectivity index (χ2v) is 4.90. The largest absolute Gasteiger partial charge is 0.507 e. The molecule has 2 amide bonds. The first-order valence-corrected chi connectivity index (χ1v) is 7.01. The SMILES string of the molecule is Cc1cccc(C(=O)NCC(=O)N/N=C\c2ccccc2O)c1. The molecule has 0 aliphatic heterocycles. The number of amides is 2. The molecule has 23 heavy (non-hydrogen) atoms. The molecule has 6 nitrogen and oxygen atoms in total. The maximum absolute atomic E-state index is 11.9. The number of phenols is 1. The predicted molar refractivity (Wildman–Crippen MR) is 87.4 cm³/mol. The number of rotatable bonds is 5. The summed E-state index contributed by atoms with van der Waals surface area (Å²) in [5.74, 6) is -0.718. The van der Waals surface area contributed by atoms with Crippen LogP contribution in [0.3, 0.4) is 0 Å². The van der Waals surface area contributed by atoms with E-state index < -0.39 is 5.91 Å². The van der Waals surface area contributed by atoms with Gasteiger partial charge in [-0.3, -0.25) is 9.59 Å². The average Bonchev–Trinajstić information content (AvgIpc) is 2.54. The number of benzene rings is 2. The molecule has 0 unspecified atom stereocenters. The number of carbonyl (C=O) groups excluding carboxylic acids is 2. The number of hydrogen-bond acceptors (Lipinski definition) is 4. The van der Waals surface area contributed by atoms with Gasteiger partial charge in [0.2, 0.25) is 0 Å². The average molecular weight is 311 g/mol. The molecule has 0 aliphatic rings. The summed E-state index contributed by atoms with van der Waals surface area (Å²) in [6.45, 7) is 1.70. The topological polar surface area (TPSA) is 90.8 Å². The first-order chi connectivity index (χ1) is 11.1. The van der Waals surface area contributed by atoms with Gasteiger partial charge < -0.3 is 10.4 Å². The molecule has 0 heterocycles.